The zero-order chi connectivity index (χ0) is 10.3. The fraction of sp³-hybridized carbons (Fsp3) is 0.100. The van der Waals surface area contributed by atoms with E-state index < -0.39 is 5.63 Å². The van der Waals surface area contributed by atoms with E-state index in [1.54, 1.807) is 6.92 Å². The van der Waals surface area contributed by atoms with E-state index >= 15 is 0 Å². The van der Waals surface area contributed by atoms with Gasteiger partial charge in [-0.15, -0.1) is 0 Å². The zero-order valence-electron chi connectivity index (χ0n) is 7.37. The number of fused-ring (bicyclic) bond motifs is 1. The van der Waals surface area contributed by atoms with E-state index in [0.29, 0.717) is 16.5 Å². The second-order valence-electron chi connectivity index (χ2n) is 3.01. The number of hydrogen-bond donors (Lipinski definition) is 1. The van der Waals surface area contributed by atoms with Crippen LogP contribution in [0, 0.1) is 6.92 Å². The lowest BCUT2D eigenvalue weighted by Crippen LogP contribution is -2.01. The van der Waals surface area contributed by atoms with Crippen LogP contribution < -0.4 is 5.63 Å². The van der Waals surface area contributed by atoms with Gasteiger partial charge in [-0.1, -0.05) is 11.6 Å². The van der Waals surface area contributed by atoms with Crippen molar-refractivity contribution in [1.82, 2.24) is 0 Å². The monoisotopic (exact) mass is 210 g/mol. The lowest BCUT2D eigenvalue weighted by atomic mass is 10.1. The summed E-state index contributed by atoms with van der Waals surface area (Å²) in [5.41, 5.74) is 0.492. The van der Waals surface area contributed by atoms with Gasteiger partial charge >= 0.3 is 5.63 Å². The first-order valence-electron chi connectivity index (χ1n) is 4.01. The van der Waals surface area contributed by atoms with Crippen molar-refractivity contribution in [2.45, 2.75) is 6.92 Å². The summed E-state index contributed by atoms with van der Waals surface area (Å²) < 4.78 is 4.93. The average molecular weight is 211 g/mol. The fourth-order valence-corrected chi connectivity index (χ4v) is 1.46. The summed E-state index contributed by atoms with van der Waals surface area (Å²) in [6, 6.07) is 4.51. The maximum Gasteiger partial charge on any atom is 0.355 e. The predicted molar refractivity (Wildman–Crippen MR) is 53.9 cm³/mol. The molecular weight excluding hydrogens is 204 g/mol. The summed E-state index contributed by atoms with van der Waals surface area (Å²) in [5, 5.41) is 9.96. The molecule has 0 atom stereocenters. The van der Waals surface area contributed by atoms with Gasteiger partial charge in [-0.25, -0.2) is 4.79 Å². The van der Waals surface area contributed by atoms with E-state index in [0.717, 1.165) is 0 Å². The third-order valence-electron chi connectivity index (χ3n) is 2.08. The van der Waals surface area contributed by atoms with Crippen LogP contribution in [0.1, 0.15) is 5.56 Å². The molecule has 0 amide bonds. The van der Waals surface area contributed by atoms with Crippen LogP contribution in [0.2, 0.25) is 5.02 Å². The number of aryl methyl sites for hydroxylation is 1. The van der Waals surface area contributed by atoms with Crippen LogP contribution in [0.5, 0.6) is 5.75 Å². The lowest BCUT2D eigenvalue weighted by Gasteiger charge is -2.02. The smallest absolute Gasteiger partial charge is 0.355 e. The summed E-state index contributed by atoms with van der Waals surface area (Å²) in [4.78, 5) is 11.2. The minimum atomic E-state index is -0.553. The second-order valence-corrected chi connectivity index (χ2v) is 3.39. The number of phenolic OH excluding ortho intramolecular Hbond substituents is 1. The third kappa shape index (κ3) is 1.26. The summed E-state index contributed by atoms with van der Waals surface area (Å²) >= 11 is 5.72. The van der Waals surface area contributed by atoms with Crippen LogP contribution >= 0.6 is 11.6 Å². The van der Waals surface area contributed by atoms with Gasteiger partial charge in [0.25, 0.3) is 0 Å². The van der Waals surface area contributed by atoms with Gasteiger partial charge in [0.1, 0.15) is 16.4 Å². The third-order valence-corrected chi connectivity index (χ3v) is 2.52. The highest BCUT2D eigenvalue weighted by Crippen LogP contribution is 2.25. The quantitative estimate of drug-likeness (QED) is 0.680. The van der Waals surface area contributed by atoms with Crippen molar-refractivity contribution in [3.8, 4) is 5.75 Å². The van der Waals surface area contributed by atoms with Gasteiger partial charge in [0.05, 0.1) is 0 Å². The molecule has 0 aliphatic carbocycles. The summed E-state index contributed by atoms with van der Waals surface area (Å²) in [7, 11) is 0. The van der Waals surface area contributed by atoms with Gasteiger partial charge in [0.2, 0.25) is 0 Å². The molecule has 0 radical (unpaired) electrons. The van der Waals surface area contributed by atoms with Crippen LogP contribution in [0.4, 0.5) is 0 Å². The molecule has 1 N–H and O–H groups in total. The zero-order valence-corrected chi connectivity index (χ0v) is 8.13. The van der Waals surface area contributed by atoms with E-state index in [1.807, 2.05) is 0 Å². The van der Waals surface area contributed by atoms with Gasteiger partial charge in [-0.05, 0) is 30.7 Å². The van der Waals surface area contributed by atoms with Gasteiger partial charge in [-0.2, -0.15) is 0 Å². The molecule has 0 aliphatic rings. The number of benzene rings is 1. The highest BCUT2D eigenvalue weighted by molar-refractivity contribution is 6.31. The van der Waals surface area contributed by atoms with Crippen molar-refractivity contribution in [3.63, 3.8) is 0 Å². The molecular formula is C10H7ClO3. The summed E-state index contributed by atoms with van der Waals surface area (Å²) in [6.07, 6.45) is 0. The van der Waals surface area contributed by atoms with Crippen molar-refractivity contribution in [2.75, 3.05) is 0 Å². The van der Waals surface area contributed by atoms with Crippen molar-refractivity contribution in [3.05, 3.63) is 39.2 Å². The second kappa shape index (κ2) is 3.03. The molecule has 0 saturated carbocycles. The summed E-state index contributed by atoms with van der Waals surface area (Å²) in [5.74, 6) is 0.116. The Labute approximate surface area is 84.5 Å². The molecule has 4 heteroatoms. The normalized spacial score (nSPS) is 10.7. The van der Waals surface area contributed by atoms with E-state index in [1.165, 1.54) is 18.2 Å². The Balaban J connectivity index is 2.99. The highest BCUT2D eigenvalue weighted by atomic mass is 35.5. The molecule has 1 aromatic heterocycles. The van der Waals surface area contributed by atoms with E-state index in [4.69, 9.17) is 16.0 Å². The molecule has 3 nitrogen and oxygen atoms in total. The van der Waals surface area contributed by atoms with Crippen molar-refractivity contribution in [2.24, 2.45) is 0 Å². The van der Waals surface area contributed by atoms with E-state index in [2.05, 4.69) is 0 Å². The van der Waals surface area contributed by atoms with Crippen molar-refractivity contribution in [1.29, 1.82) is 0 Å². The number of rotatable bonds is 0. The first kappa shape index (κ1) is 9.09. The van der Waals surface area contributed by atoms with Crippen LogP contribution in [-0.4, -0.2) is 5.11 Å². The standard InChI is InChI=1S/C10H7ClO3/c1-5-7-4-6(12)2-3-8(7)14-10(13)9(5)11/h2-4,12H,1H3. The Hall–Kier alpha value is -1.48. The molecule has 2 rings (SSSR count). The van der Waals surface area contributed by atoms with E-state index in [-0.39, 0.29) is 10.8 Å². The Morgan fingerprint density at radius 3 is 2.86 bits per heavy atom. The molecule has 0 unspecified atom stereocenters. The van der Waals surface area contributed by atoms with Crippen LogP contribution in [0.15, 0.2) is 27.4 Å². The molecule has 72 valence electrons. The largest absolute Gasteiger partial charge is 0.508 e. The molecule has 0 fully saturated rings. The SMILES string of the molecule is Cc1c(Cl)c(=O)oc2ccc(O)cc12. The minimum Gasteiger partial charge on any atom is -0.508 e. The molecule has 1 aromatic carbocycles. The fourth-order valence-electron chi connectivity index (χ4n) is 1.32. The molecule has 0 saturated heterocycles. The molecule has 1 heterocycles. The van der Waals surface area contributed by atoms with Crippen LogP contribution in [0.3, 0.4) is 0 Å². The lowest BCUT2D eigenvalue weighted by molar-refractivity contribution is 0.475. The average Bonchev–Trinajstić information content (AvgIpc) is 2.16. The molecule has 0 bridgehead atoms. The van der Waals surface area contributed by atoms with Gasteiger partial charge in [0.15, 0.2) is 0 Å². The Morgan fingerprint density at radius 2 is 2.14 bits per heavy atom. The van der Waals surface area contributed by atoms with E-state index in [9.17, 15) is 9.90 Å². The minimum absolute atomic E-state index is 0.0584. The molecule has 14 heavy (non-hydrogen) atoms. The topological polar surface area (TPSA) is 50.4 Å². The number of aromatic hydroxyl groups is 1. The predicted octanol–water partition coefficient (Wildman–Crippen LogP) is 2.46. The van der Waals surface area contributed by atoms with Crippen LogP contribution in [0.25, 0.3) is 11.0 Å². The van der Waals surface area contributed by atoms with Crippen LogP contribution in [-0.2, 0) is 0 Å². The molecule has 0 spiro atoms. The Morgan fingerprint density at radius 1 is 1.43 bits per heavy atom. The number of halogens is 1. The van der Waals surface area contributed by atoms with Gasteiger partial charge in [0, 0.05) is 5.39 Å². The van der Waals surface area contributed by atoms with Gasteiger partial charge < -0.3 is 9.52 Å². The van der Waals surface area contributed by atoms with Crippen molar-refractivity contribution < 1.29 is 9.52 Å². The van der Waals surface area contributed by atoms with Gasteiger partial charge in [-0.3, -0.25) is 0 Å². The highest BCUT2D eigenvalue weighted by Gasteiger charge is 2.08. The first-order chi connectivity index (χ1) is 6.59. The number of hydrogen-bond acceptors (Lipinski definition) is 3. The Bertz CT molecular complexity index is 557. The Kier molecular flexibility index (Phi) is 1.97. The molecule has 0 aliphatic heterocycles. The number of phenols is 1. The molecule has 2 aromatic rings. The van der Waals surface area contributed by atoms with Crippen molar-refractivity contribution >= 4 is 22.6 Å². The maximum absolute atomic E-state index is 11.2. The maximum atomic E-state index is 11.2. The first-order valence-corrected chi connectivity index (χ1v) is 4.39. The summed E-state index contributed by atoms with van der Waals surface area (Å²) in [6.45, 7) is 1.71.